The van der Waals surface area contributed by atoms with Crippen LogP contribution >= 0.6 is 15.9 Å². The van der Waals surface area contributed by atoms with Crippen molar-refractivity contribution in [1.29, 1.82) is 0 Å². The van der Waals surface area contributed by atoms with Crippen LogP contribution in [0.5, 0.6) is 0 Å². The second-order valence-electron chi connectivity index (χ2n) is 5.18. The van der Waals surface area contributed by atoms with E-state index in [1.54, 1.807) is 0 Å². The highest BCUT2D eigenvalue weighted by molar-refractivity contribution is 9.10. The lowest BCUT2D eigenvalue weighted by Crippen LogP contribution is -2.07. The summed E-state index contributed by atoms with van der Waals surface area (Å²) in [6.45, 7) is 2.22. The smallest absolute Gasteiger partial charge is 0.0485 e. The summed E-state index contributed by atoms with van der Waals surface area (Å²) in [6.07, 6.45) is 5.41. The normalized spacial score (nSPS) is 16.3. The molecule has 0 aliphatic heterocycles. The van der Waals surface area contributed by atoms with E-state index in [1.165, 1.54) is 42.6 Å². The van der Waals surface area contributed by atoms with Crippen molar-refractivity contribution in [2.24, 2.45) is 0 Å². The third-order valence-corrected chi connectivity index (χ3v) is 4.43. The van der Waals surface area contributed by atoms with Gasteiger partial charge in [-0.05, 0) is 49.6 Å². The molecule has 0 bridgehead atoms. The van der Waals surface area contributed by atoms with Crippen LogP contribution in [-0.4, -0.2) is 4.57 Å². The van der Waals surface area contributed by atoms with Gasteiger partial charge in [-0.1, -0.05) is 40.9 Å². The minimum atomic E-state index is 0.703. The molecule has 0 saturated heterocycles. The molecule has 3 rings (SSSR count). The molecular formula is C16H18BrN. The summed E-state index contributed by atoms with van der Waals surface area (Å²) >= 11 is 3.57. The number of nitrogens with zero attached hydrogens (tertiary/aromatic N) is 1. The van der Waals surface area contributed by atoms with Crippen LogP contribution < -0.4 is 0 Å². The van der Waals surface area contributed by atoms with Gasteiger partial charge in [0.15, 0.2) is 0 Å². The van der Waals surface area contributed by atoms with Gasteiger partial charge in [0.2, 0.25) is 0 Å². The largest absolute Gasteiger partial charge is 0.342 e. The van der Waals surface area contributed by atoms with E-state index in [0.29, 0.717) is 6.04 Å². The summed E-state index contributed by atoms with van der Waals surface area (Å²) in [5.74, 6) is 0. The van der Waals surface area contributed by atoms with E-state index >= 15 is 0 Å². The SMILES string of the molecule is Cc1ccc(-c2cccc(Br)c2)n1C1CCCC1. The number of rotatable bonds is 2. The van der Waals surface area contributed by atoms with Crippen LogP contribution in [-0.2, 0) is 0 Å². The van der Waals surface area contributed by atoms with Crippen molar-refractivity contribution in [1.82, 2.24) is 4.57 Å². The van der Waals surface area contributed by atoms with Crippen LogP contribution in [0.2, 0.25) is 0 Å². The van der Waals surface area contributed by atoms with Crippen molar-refractivity contribution < 1.29 is 0 Å². The summed E-state index contributed by atoms with van der Waals surface area (Å²) in [5, 5.41) is 0. The summed E-state index contributed by atoms with van der Waals surface area (Å²) in [5.41, 5.74) is 4.06. The number of aromatic nitrogens is 1. The van der Waals surface area contributed by atoms with Gasteiger partial charge >= 0.3 is 0 Å². The van der Waals surface area contributed by atoms with Gasteiger partial charge in [-0.15, -0.1) is 0 Å². The lowest BCUT2D eigenvalue weighted by molar-refractivity contribution is 0.515. The van der Waals surface area contributed by atoms with Gasteiger partial charge in [-0.25, -0.2) is 0 Å². The quantitative estimate of drug-likeness (QED) is 0.705. The van der Waals surface area contributed by atoms with Crippen LogP contribution in [0.3, 0.4) is 0 Å². The fourth-order valence-corrected chi connectivity index (χ4v) is 3.48. The molecule has 18 heavy (non-hydrogen) atoms. The second-order valence-corrected chi connectivity index (χ2v) is 6.09. The molecule has 1 aromatic carbocycles. The molecule has 1 aliphatic carbocycles. The van der Waals surface area contributed by atoms with E-state index in [-0.39, 0.29) is 0 Å². The first kappa shape index (κ1) is 12.0. The maximum absolute atomic E-state index is 3.57. The first-order valence-electron chi connectivity index (χ1n) is 6.69. The Morgan fingerprint density at radius 2 is 1.89 bits per heavy atom. The second kappa shape index (κ2) is 4.93. The highest BCUT2D eigenvalue weighted by Gasteiger charge is 2.20. The average Bonchev–Trinajstić information content (AvgIpc) is 2.97. The van der Waals surface area contributed by atoms with E-state index in [1.807, 2.05) is 0 Å². The summed E-state index contributed by atoms with van der Waals surface area (Å²) in [4.78, 5) is 0. The zero-order valence-electron chi connectivity index (χ0n) is 10.7. The minimum absolute atomic E-state index is 0.703. The number of hydrogen-bond donors (Lipinski definition) is 0. The Morgan fingerprint density at radius 1 is 1.11 bits per heavy atom. The molecule has 0 radical (unpaired) electrons. The van der Waals surface area contributed by atoms with Gasteiger partial charge in [0.25, 0.3) is 0 Å². The van der Waals surface area contributed by atoms with Crippen molar-refractivity contribution >= 4 is 15.9 Å². The molecule has 1 aliphatic rings. The molecule has 0 spiro atoms. The number of aryl methyl sites for hydroxylation is 1. The Bertz CT molecular complexity index is 550. The predicted molar refractivity (Wildman–Crippen MR) is 79.8 cm³/mol. The fraction of sp³-hybridized carbons (Fsp3) is 0.375. The molecule has 0 unspecified atom stereocenters. The van der Waals surface area contributed by atoms with Gasteiger partial charge in [-0.2, -0.15) is 0 Å². The van der Waals surface area contributed by atoms with Gasteiger partial charge in [0.1, 0.15) is 0 Å². The van der Waals surface area contributed by atoms with Crippen molar-refractivity contribution in [2.45, 2.75) is 38.6 Å². The first-order chi connectivity index (χ1) is 8.75. The Balaban J connectivity index is 2.07. The summed E-state index contributed by atoms with van der Waals surface area (Å²) in [6, 6.07) is 13.8. The summed E-state index contributed by atoms with van der Waals surface area (Å²) < 4.78 is 3.69. The molecule has 1 fully saturated rings. The first-order valence-corrected chi connectivity index (χ1v) is 7.49. The van der Waals surface area contributed by atoms with Crippen LogP contribution in [0.15, 0.2) is 40.9 Å². The lowest BCUT2D eigenvalue weighted by Gasteiger charge is -2.19. The van der Waals surface area contributed by atoms with E-state index in [2.05, 4.69) is 63.8 Å². The van der Waals surface area contributed by atoms with Crippen LogP contribution in [0.4, 0.5) is 0 Å². The van der Waals surface area contributed by atoms with E-state index in [9.17, 15) is 0 Å². The number of hydrogen-bond acceptors (Lipinski definition) is 0. The Kier molecular flexibility index (Phi) is 3.29. The zero-order chi connectivity index (χ0) is 12.5. The molecule has 0 N–H and O–H groups in total. The number of benzene rings is 1. The molecule has 94 valence electrons. The molecule has 2 aromatic rings. The van der Waals surface area contributed by atoms with Gasteiger partial charge < -0.3 is 4.57 Å². The highest BCUT2D eigenvalue weighted by Crippen LogP contribution is 2.36. The minimum Gasteiger partial charge on any atom is -0.342 e. The van der Waals surface area contributed by atoms with Crippen LogP contribution in [0.1, 0.15) is 37.4 Å². The molecule has 0 amide bonds. The number of halogens is 1. The van der Waals surface area contributed by atoms with Crippen molar-refractivity contribution in [2.75, 3.05) is 0 Å². The fourth-order valence-electron chi connectivity index (χ4n) is 3.08. The molecule has 1 heterocycles. The standard InChI is InChI=1S/C16H18BrN/c1-12-9-10-16(13-5-4-6-14(17)11-13)18(12)15-7-2-3-8-15/h4-6,9-11,15H,2-3,7-8H2,1H3. The van der Waals surface area contributed by atoms with E-state index < -0.39 is 0 Å². The zero-order valence-corrected chi connectivity index (χ0v) is 12.3. The maximum atomic E-state index is 3.57. The molecular weight excluding hydrogens is 286 g/mol. The van der Waals surface area contributed by atoms with Gasteiger partial charge in [-0.3, -0.25) is 0 Å². The van der Waals surface area contributed by atoms with Gasteiger partial charge in [0.05, 0.1) is 0 Å². The molecule has 1 aromatic heterocycles. The molecule has 1 saturated carbocycles. The highest BCUT2D eigenvalue weighted by atomic mass is 79.9. The van der Waals surface area contributed by atoms with E-state index in [4.69, 9.17) is 0 Å². The maximum Gasteiger partial charge on any atom is 0.0485 e. The lowest BCUT2D eigenvalue weighted by atomic mass is 10.1. The predicted octanol–water partition coefficient (Wildman–Crippen LogP) is 5.34. The van der Waals surface area contributed by atoms with Gasteiger partial charge in [0, 0.05) is 21.9 Å². The average molecular weight is 304 g/mol. The van der Waals surface area contributed by atoms with Crippen molar-refractivity contribution in [3.8, 4) is 11.3 Å². The topological polar surface area (TPSA) is 4.93 Å². The molecule has 0 atom stereocenters. The van der Waals surface area contributed by atoms with E-state index in [0.717, 1.165) is 4.47 Å². The van der Waals surface area contributed by atoms with Crippen LogP contribution in [0.25, 0.3) is 11.3 Å². The third kappa shape index (κ3) is 2.14. The molecule has 2 heteroatoms. The summed E-state index contributed by atoms with van der Waals surface area (Å²) in [7, 11) is 0. The van der Waals surface area contributed by atoms with Crippen molar-refractivity contribution in [3.63, 3.8) is 0 Å². The third-order valence-electron chi connectivity index (χ3n) is 3.93. The van der Waals surface area contributed by atoms with Crippen molar-refractivity contribution in [3.05, 3.63) is 46.6 Å². The Labute approximate surface area is 117 Å². The molecule has 1 nitrogen and oxygen atoms in total. The monoisotopic (exact) mass is 303 g/mol. The Hall–Kier alpha value is -1.02. The Morgan fingerprint density at radius 3 is 2.61 bits per heavy atom. The van der Waals surface area contributed by atoms with Crippen LogP contribution in [0, 0.1) is 6.92 Å².